The monoisotopic (exact) mass is 1720 g/mol. The van der Waals surface area contributed by atoms with Crippen LogP contribution in [0.5, 0.6) is 5.75 Å². The topological polar surface area (TPSA) is 245 Å². The zero-order chi connectivity index (χ0) is 92.1. The van der Waals surface area contributed by atoms with Crippen molar-refractivity contribution in [2.24, 2.45) is 59.2 Å². The van der Waals surface area contributed by atoms with Gasteiger partial charge in [-0.3, -0.25) is 38.4 Å². The van der Waals surface area contributed by atoms with Crippen LogP contribution >= 0.6 is 34.0 Å². The molecule has 0 unspecified atom stereocenters. The van der Waals surface area contributed by atoms with Crippen LogP contribution < -0.4 is 31.3 Å². The second-order valence-electron chi connectivity index (χ2n) is 35.6. The molecule has 0 radical (unpaired) electrons. The SMILES string of the molecule is CC(C)Cc1csc(C(=O)C(C)C)n1.CC(C)Cc1csc(CC(=O)C(C)C)n1.CC(C)NCc1ccc(C(=O)C(C)C)cc1.CC(C)NCc1cccc(C(=O)C(C)C)c1.CC(C)Nc1ccc(CC(=O)C(C)C)cc1.CC(C)Nc1cccc(C(=O)C(C)C)c1.CC(C)Nc1cnc(C(=O)C(C)C)s1.CC(C)Oc1cccc(C(=O)C(C)C)c1. The fraction of sp³-hybridized carbons (Fsp3) is 0.535. The van der Waals surface area contributed by atoms with E-state index in [0.717, 1.165) is 92.3 Å². The molecule has 0 saturated heterocycles. The summed E-state index contributed by atoms with van der Waals surface area (Å²) in [6.45, 7) is 66.0. The molecule has 3 aromatic heterocycles. The molecule has 20 heteroatoms. The molecule has 5 aromatic carbocycles. The summed E-state index contributed by atoms with van der Waals surface area (Å²) in [6, 6.07) is 41.0. The molecular formula is C101H152N8O9S3. The molecule has 0 fully saturated rings. The van der Waals surface area contributed by atoms with Gasteiger partial charge in [-0.1, -0.05) is 256 Å². The normalized spacial score (nSPS) is 11.0. The van der Waals surface area contributed by atoms with Gasteiger partial charge >= 0.3 is 0 Å². The van der Waals surface area contributed by atoms with E-state index < -0.39 is 0 Å². The maximum Gasteiger partial charge on any atom is 0.193 e. The van der Waals surface area contributed by atoms with Crippen molar-refractivity contribution in [1.82, 2.24) is 25.6 Å². The molecule has 0 aliphatic rings. The summed E-state index contributed by atoms with van der Waals surface area (Å²) in [5.74, 6) is 4.13. The zero-order valence-corrected chi connectivity index (χ0v) is 81.9. The molecule has 0 atom stereocenters. The molecule has 0 amide bonds. The van der Waals surface area contributed by atoms with E-state index in [4.69, 9.17) is 4.74 Å². The first kappa shape index (κ1) is 110. The Kier molecular flexibility index (Phi) is 53.4. The summed E-state index contributed by atoms with van der Waals surface area (Å²) in [6.07, 6.45) is 4.86. The lowest BCUT2D eigenvalue weighted by molar-refractivity contribution is -0.122. The highest BCUT2D eigenvalue weighted by molar-refractivity contribution is 7.17. The van der Waals surface area contributed by atoms with Crippen LogP contribution in [0.2, 0.25) is 0 Å². The first-order valence-corrected chi connectivity index (χ1v) is 46.1. The number of rotatable bonds is 36. The summed E-state index contributed by atoms with van der Waals surface area (Å²) < 4.78 is 5.53. The highest BCUT2D eigenvalue weighted by Crippen LogP contribution is 2.25. The predicted molar refractivity (Wildman–Crippen MR) is 514 cm³/mol. The second kappa shape index (κ2) is 58.5. The third kappa shape index (κ3) is 48.2. The number of hydrogen-bond donors (Lipinski definition) is 5. The van der Waals surface area contributed by atoms with E-state index >= 15 is 0 Å². The van der Waals surface area contributed by atoms with Crippen molar-refractivity contribution in [3.05, 3.63) is 204 Å². The van der Waals surface area contributed by atoms with Crippen LogP contribution in [0.15, 0.2) is 138 Å². The number of nitrogens with zero attached hydrogens (tertiary/aromatic N) is 3. The summed E-state index contributed by atoms with van der Waals surface area (Å²) in [4.78, 5) is 106. The number of hydrogen-bond acceptors (Lipinski definition) is 20. The van der Waals surface area contributed by atoms with E-state index in [0.29, 0.717) is 70.7 Å². The van der Waals surface area contributed by atoms with Crippen molar-refractivity contribution in [2.45, 2.75) is 297 Å². The lowest BCUT2D eigenvalue weighted by Gasteiger charge is -2.11. The Morgan fingerprint density at radius 3 is 1.21 bits per heavy atom. The Bertz CT molecular complexity index is 4190. The average molecular weight is 1720 g/mol. The van der Waals surface area contributed by atoms with E-state index in [9.17, 15) is 38.4 Å². The van der Waals surface area contributed by atoms with Gasteiger partial charge in [0.1, 0.15) is 27.3 Å². The molecule has 0 bridgehead atoms. The number of ketones is 8. The Morgan fingerprint density at radius 1 is 0.347 bits per heavy atom. The van der Waals surface area contributed by atoms with Crippen LogP contribution in [0.1, 0.15) is 316 Å². The first-order chi connectivity index (χ1) is 56.5. The minimum absolute atomic E-state index is 0.0213. The van der Waals surface area contributed by atoms with Gasteiger partial charge in [-0.25, -0.2) is 15.0 Å². The Labute approximate surface area is 741 Å². The summed E-state index contributed by atoms with van der Waals surface area (Å²) in [5.41, 5.74) is 10.9. The predicted octanol–water partition coefficient (Wildman–Crippen LogP) is 25.1. The van der Waals surface area contributed by atoms with Crippen molar-refractivity contribution >= 4 is 96.7 Å². The molecule has 5 N–H and O–H groups in total. The van der Waals surface area contributed by atoms with Crippen molar-refractivity contribution in [2.75, 3.05) is 16.0 Å². The number of aromatic nitrogens is 3. The maximum atomic E-state index is 11.8. The van der Waals surface area contributed by atoms with Crippen LogP contribution in [0.4, 0.5) is 16.4 Å². The molecule has 8 rings (SSSR count). The van der Waals surface area contributed by atoms with Gasteiger partial charge in [0.2, 0.25) is 0 Å². The van der Waals surface area contributed by atoms with E-state index in [2.05, 4.69) is 144 Å². The van der Waals surface area contributed by atoms with Gasteiger partial charge in [-0.15, -0.1) is 22.7 Å². The van der Waals surface area contributed by atoms with E-state index in [-0.39, 0.29) is 93.9 Å². The lowest BCUT2D eigenvalue weighted by Crippen LogP contribution is -2.22. The minimum Gasteiger partial charge on any atom is -0.491 e. The number of Topliss-reactive ketones (excluding diaryl/α,β-unsaturated/α-hetero) is 8. The molecule has 8 aromatic rings. The molecule has 0 spiro atoms. The van der Waals surface area contributed by atoms with E-state index in [1.807, 2.05) is 251 Å². The standard InChI is InChI=1S/3C14H21NO.C13H19NO.C13H18O2.C12H19NOS.C11H17NOS.C10H16N2OS/c1-10(2)14(16)13-7-5-12(6-8-13)9-15-11(3)4;1-10(2)14(16)9-12-5-7-13(8-6-12)15-11(3)4;1-10(2)14(16)13-7-5-6-12(8-13)9-15-11(3)4;1-9(2)13(15)11-6-5-7-12(8-11)14-10(3)4;1-9(2)13(14)11-6-5-7-12(8-11)15-10(3)4;1-8(2)5-10-7-15-12(13-10)6-11(14)9(3)4;1-7(2)5-9-6-14-11(12-9)10(13)8(3)4;1-6(2)9(13)10-11-5-8(14-10)12-7(3)4/h3*5-8,10-11,15H,9H2,1-4H3;5-10,14H,1-4H3;5-10H,1-4H3;7-9H,5-6H2,1-4H3;6-8H,5H2,1-4H3;5-7,12H,1-4H3. The van der Waals surface area contributed by atoms with Gasteiger partial charge in [-0.2, -0.15) is 0 Å². The molecular weight excluding hydrogens is 1570 g/mol. The fourth-order valence-corrected chi connectivity index (χ4v) is 13.4. The summed E-state index contributed by atoms with van der Waals surface area (Å²) in [5, 5.41) is 23.8. The van der Waals surface area contributed by atoms with Gasteiger partial charge in [-0.05, 0) is 139 Å². The summed E-state index contributed by atoms with van der Waals surface area (Å²) in [7, 11) is 0. The van der Waals surface area contributed by atoms with Gasteiger partial charge in [0.15, 0.2) is 44.7 Å². The van der Waals surface area contributed by atoms with Gasteiger partial charge < -0.3 is 31.3 Å². The van der Waals surface area contributed by atoms with E-state index in [1.54, 1.807) is 17.5 Å². The minimum atomic E-state index is 0.0213. The first-order valence-electron chi connectivity index (χ1n) is 43.5. The van der Waals surface area contributed by atoms with Gasteiger partial charge in [0.05, 0.1) is 30.1 Å². The van der Waals surface area contributed by atoms with Gasteiger partial charge in [0.25, 0.3) is 0 Å². The van der Waals surface area contributed by atoms with Crippen molar-refractivity contribution in [3.63, 3.8) is 0 Å². The zero-order valence-electron chi connectivity index (χ0n) is 79.5. The smallest absolute Gasteiger partial charge is 0.193 e. The lowest BCUT2D eigenvalue weighted by atomic mass is 9.99. The van der Waals surface area contributed by atoms with Crippen LogP contribution in [0, 0.1) is 59.2 Å². The highest BCUT2D eigenvalue weighted by Gasteiger charge is 2.20. The van der Waals surface area contributed by atoms with Crippen LogP contribution in [0.3, 0.4) is 0 Å². The van der Waals surface area contributed by atoms with Crippen LogP contribution in [-0.4, -0.2) is 97.5 Å². The summed E-state index contributed by atoms with van der Waals surface area (Å²) >= 11 is 4.50. The largest absolute Gasteiger partial charge is 0.491 e. The Hall–Kier alpha value is -8.53. The molecule has 668 valence electrons. The number of benzene rings is 5. The third-order valence-corrected chi connectivity index (χ3v) is 20.0. The Morgan fingerprint density at radius 2 is 0.752 bits per heavy atom. The van der Waals surface area contributed by atoms with Crippen LogP contribution in [0.25, 0.3) is 0 Å². The maximum absolute atomic E-state index is 11.8. The molecule has 0 saturated carbocycles. The highest BCUT2D eigenvalue weighted by atomic mass is 32.1. The van der Waals surface area contributed by atoms with Crippen molar-refractivity contribution in [3.8, 4) is 5.75 Å². The van der Waals surface area contributed by atoms with Crippen molar-refractivity contribution < 1.29 is 43.1 Å². The number of ether oxygens (including phenoxy) is 1. The number of thiazole rings is 3. The molecule has 0 aliphatic heterocycles. The second-order valence-corrected chi connectivity index (χ2v) is 38.5. The average Bonchev–Trinajstić information content (AvgIpc) is 1.36. The third-order valence-electron chi connectivity index (χ3n) is 17.3. The quantitative estimate of drug-likeness (QED) is 0.0229. The van der Waals surface area contributed by atoms with E-state index in [1.165, 1.54) is 33.8 Å². The molecule has 3 heterocycles. The number of anilines is 3. The number of nitrogens with one attached hydrogen (secondary N) is 5. The van der Waals surface area contributed by atoms with Crippen LogP contribution in [-0.2, 0) is 48.4 Å². The van der Waals surface area contributed by atoms with Gasteiger partial charge in [0, 0.05) is 141 Å². The Balaban J connectivity index is 0.000000692. The number of carbonyl (C=O) groups excluding carboxylic acids is 8. The van der Waals surface area contributed by atoms with Crippen molar-refractivity contribution in [1.29, 1.82) is 0 Å². The molecule has 121 heavy (non-hydrogen) atoms. The fourth-order valence-electron chi connectivity index (χ4n) is 10.6. The molecule has 17 nitrogen and oxygen atoms in total. The molecule has 0 aliphatic carbocycles. The number of carbonyl (C=O) groups is 8.